The van der Waals surface area contributed by atoms with Crippen LogP contribution in [0.15, 0.2) is 0 Å². The van der Waals surface area contributed by atoms with Gasteiger partial charge in [-0.2, -0.15) is 18.8 Å². The molecule has 0 aromatic carbocycles. The third-order valence-electron chi connectivity index (χ3n) is 4.29. The van der Waals surface area contributed by atoms with Crippen LogP contribution in [0.1, 0.15) is 52.4 Å². The summed E-state index contributed by atoms with van der Waals surface area (Å²) in [4.78, 5) is 0. The van der Waals surface area contributed by atoms with Gasteiger partial charge in [0.05, 0.1) is 0 Å². The Hall–Kier alpha value is 0.596. The Balaban J connectivity index is 0.00000128. The van der Waals surface area contributed by atoms with Crippen LogP contribution >= 0.6 is 0 Å². The van der Waals surface area contributed by atoms with E-state index in [2.05, 4.69) is 32.0 Å². The normalized spacial score (nSPS) is 28.5. The number of hydrogen-bond acceptors (Lipinski definition) is 1. The molecule has 2 atom stereocenters. The first-order chi connectivity index (χ1) is 7.28. The van der Waals surface area contributed by atoms with Gasteiger partial charge in [-0.25, -0.2) is 6.42 Å². The fourth-order valence-corrected chi connectivity index (χ4v) is 2.84. The molecule has 0 aromatic heterocycles. The SMILES string of the molecule is C[CH-]C(CC)C[CH-][C@@H]1CCNC2(CC2)C1.[Os+2]. The molecular weight excluding hydrogens is 372 g/mol. The van der Waals surface area contributed by atoms with E-state index in [4.69, 9.17) is 0 Å². The summed E-state index contributed by atoms with van der Waals surface area (Å²) in [7, 11) is 0. The van der Waals surface area contributed by atoms with Crippen LogP contribution in [-0.4, -0.2) is 12.1 Å². The minimum absolute atomic E-state index is 0. The van der Waals surface area contributed by atoms with Gasteiger partial charge in [-0.15, -0.1) is 0 Å². The molecular formula is C14H25NOs. The van der Waals surface area contributed by atoms with Crippen LogP contribution in [0.2, 0.25) is 0 Å². The average molecular weight is 398 g/mol. The molecule has 0 radical (unpaired) electrons. The molecule has 1 unspecified atom stereocenters. The van der Waals surface area contributed by atoms with E-state index >= 15 is 0 Å². The summed E-state index contributed by atoms with van der Waals surface area (Å²) in [5.74, 6) is 1.71. The van der Waals surface area contributed by atoms with Crippen LogP contribution in [0.25, 0.3) is 0 Å². The van der Waals surface area contributed by atoms with E-state index in [0.29, 0.717) is 5.54 Å². The maximum atomic E-state index is 3.69. The fourth-order valence-electron chi connectivity index (χ4n) is 2.84. The van der Waals surface area contributed by atoms with Gasteiger partial charge in [0.15, 0.2) is 0 Å². The van der Waals surface area contributed by atoms with Gasteiger partial charge in [-0.1, -0.05) is 26.2 Å². The van der Waals surface area contributed by atoms with Gasteiger partial charge in [0.2, 0.25) is 0 Å². The minimum atomic E-state index is 0. The fraction of sp³-hybridized carbons (Fsp3) is 0.857. The molecule has 1 heterocycles. The van der Waals surface area contributed by atoms with Gasteiger partial charge in [-0.3, -0.25) is 0 Å². The predicted molar refractivity (Wildman–Crippen MR) is 65.4 cm³/mol. The molecule has 0 aromatic rings. The van der Waals surface area contributed by atoms with E-state index in [1.54, 1.807) is 0 Å². The van der Waals surface area contributed by atoms with E-state index in [9.17, 15) is 0 Å². The smallest absolute Gasteiger partial charge is 0.331 e. The quantitative estimate of drug-likeness (QED) is 0.702. The van der Waals surface area contributed by atoms with Crippen molar-refractivity contribution in [2.45, 2.75) is 57.9 Å². The molecule has 1 N–H and O–H groups in total. The standard InChI is InChI=1S/C14H25N.Os/c1-3-12(4-2)5-6-13-7-10-15-14(11-13)8-9-14;/h3,6,12-13,15H,4-5,7-11H2,1-2H3;/q-2;+2/t12?,13-;/m1./s1. The van der Waals surface area contributed by atoms with Crippen LogP contribution in [0.4, 0.5) is 0 Å². The van der Waals surface area contributed by atoms with Gasteiger partial charge < -0.3 is 18.2 Å². The number of rotatable bonds is 5. The van der Waals surface area contributed by atoms with Gasteiger partial charge in [0.25, 0.3) is 0 Å². The summed E-state index contributed by atoms with van der Waals surface area (Å²) in [6.07, 6.45) is 13.2. The molecule has 1 nitrogen and oxygen atoms in total. The first-order valence-corrected chi connectivity index (χ1v) is 6.66. The van der Waals surface area contributed by atoms with Crippen molar-refractivity contribution >= 4 is 0 Å². The Bertz CT molecular complexity index is 197. The van der Waals surface area contributed by atoms with E-state index in [0.717, 1.165) is 11.8 Å². The summed E-state index contributed by atoms with van der Waals surface area (Å²) in [6.45, 7) is 5.74. The van der Waals surface area contributed by atoms with E-state index in [1.165, 1.54) is 45.1 Å². The average Bonchev–Trinajstić information content (AvgIpc) is 2.99. The predicted octanol–water partition coefficient (Wildman–Crippen LogP) is 3.36. The Labute approximate surface area is 114 Å². The number of piperidine rings is 1. The minimum Gasteiger partial charge on any atom is -0.331 e. The molecule has 2 heteroatoms. The molecule has 0 amide bonds. The van der Waals surface area contributed by atoms with Gasteiger partial charge in [0.1, 0.15) is 0 Å². The summed E-state index contributed by atoms with van der Waals surface area (Å²) < 4.78 is 0. The molecule has 1 saturated carbocycles. The van der Waals surface area contributed by atoms with Crippen LogP contribution in [-0.2, 0) is 19.8 Å². The van der Waals surface area contributed by atoms with Gasteiger partial charge >= 0.3 is 19.8 Å². The molecule has 0 bridgehead atoms. The third-order valence-corrected chi connectivity index (χ3v) is 4.29. The first-order valence-electron chi connectivity index (χ1n) is 6.66. The summed E-state index contributed by atoms with van der Waals surface area (Å²) in [5.41, 5.74) is 0.594. The molecule has 1 aliphatic carbocycles. The van der Waals surface area contributed by atoms with Crippen molar-refractivity contribution in [2.75, 3.05) is 6.54 Å². The van der Waals surface area contributed by atoms with Crippen molar-refractivity contribution in [1.82, 2.24) is 5.32 Å². The summed E-state index contributed by atoms with van der Waals surface area (Å²) in [6, 6.07) is 0. The van der Waals surface area contributed by atoms with Crippen LogP contribution < -0.4 is 5.32 Å². The van der Waals surface area contributed by atoms with Crippen molar-refractivity contribution in [3.05, 3.63) is 12.8 Å². The summed E-state index contributed by atoms with van der Waals surface area (Å²) >= 11 is 0. The van der Waals surface area contributed by atoms with Crippen molar-refractivity contribution in [2.24, 2.45) is 11.8 Å². The van der Waals surface area contributed by atoms with Crippen molar-refractivity contribution in [3.63, 3.8) is 0 Å². The maximum Gasteiger partial charge on any atom is 2.00 e. The maximum absolute atomic E-state index is 3.69. The second-order valence-corrected chi connectivity index (χ2v) is 5.43. The van der Waals surface area contributed by atoms with E-state index < -0.39 is 0 Å². The number of hydrogen-bond donors (Lipinski definition) is 1. The van der Waals surface area contributed by atoms with Crippen molar-refractivity contribution < 1.29 is 19.8 Å². The van der Waals surface area contributed by atoms with Crippen LogP contribution in [0.3, 0.4) is 0 Å². The molecule has 1 spiro atoms. The first kappa shape index (κ1) is 14.7. The van der Waals surface area contributed by atoms with Gasteiger partial charge in [-0.05, 0) is 19.4 Å². The second-order valence-electron chi connectivity index (χ2n) is 5.43. The largest absolute Gasteiger partial charge is 2.00 e. The second kappa shape index (κ2) is 6.51. The third kappa shape index (κ3) is 3.81. The zero-order valence-electron chi connectivity index (χ0n) is 10.6. The number of nitrogens with one attached hydrogen (secondary N) is 1. The monoisotopic (exact) mass is 399 g/mol. The topological polar surface area (TPSA) is 12.0 Å². The Kier molecular flexibility index (Phi) is 5.96. The van der Waals surface area contributed by atoms with Crippen LogP contribution in [0, 0.1) is 24.7 Å². The van der Waals surface area contributed by atoms with Crippen LogP contribution in [0.5, 0.6) is 0 Å². The Morgan fingerprint density at radius 3 is 2.75 bits per heavy atom. The van der Waals surface area contributed by atoms with Gasteiger partial charge in [0, 0.05) is 5.54 Å². The molecule has 2 aliphatic rings. The Morgan fingerprint density at radius 2 is 2.19 bits per heavy atom. The van der Waals surface area contributed by atoms with Crippen molar-refractivity contribution in [3.8, 4) is 0 Å². The zero-order valence-corrected chi connectivity index (χ0v) is 13.2. The van der Waals surface area contributed by atoms with E-state index in [1.807, 2.05) is 0 Å². The molecule has 1 aliphatic heterocycles. The van der Waals surface area contributed by atoms with Crippen molar-refractivity contribution in [1.29, 1.82) is 0 Å². The molecule has 1 saturated heterocycles. The summed E-state index contributed by atoms with van der Waals surface area (Å²) in [5, 5.41) is 3.69. The molecule has 16 heavy (non-hydrogen) atoms. The molecule has 94 valence electrons. The van der Waals surface area contributed by atoms with E-state index in [-0.39, 0.29) is 19.8 Å². The molecule has 2 rings (SSSR count). The zero-order chi connectivity index (χ0) is 10.7. The molecule has 2 fully saturated rings. The Morgan fingerprint density at radius 1 is 1.44 bits per heavy atom.